The van der Waals surface area contributed by atoms with Gasteiger partial charge in [0.05, 0.1) is 5.56 Å². The molecule has 0 aliphatic carbocycles. The number of benzene rings is 1. The summed E-state index contributed by atoms with van der Waals surface area (Å²) in [5.41, 5.74) is 4.43. The second-order valence-corrected chi connectivity index (χ2v) is 6.72. The Bertz CT molecular complexity index is 751. The molecule has 1 fully saturated rings. The van der Waals surface area contributed by atoms with Crippen molar-refractivity contribution in [2.45, 2.75) is 27.2 Å². The van der Waals surface area contributed by atoms with Gasteiger partial charge in [-0.25, -0.2) is 9.97 Å². The van der Waals surface area contributed by atoms with Crippen molar-refractivity contribution in [3.8, 4) is 0 Å². The van der Waals surface area contributed by atoms with Gasteiger partial charge in [0, 0.05) is 50.8 Å². The number of rotatable bonds is 5. The minimum absolute atomic E-state index is 0.00709. The van der Waals surface area contributed by atoms with Gasteiger partial charge in [-0.15, -0.1) is 0 Å². The molecule has 1 aliphatic rings. The molecule has 0 bridgehead atoms. The summed E-state index contributed by atoms with van der Waals surface area (Å²) in [4.78, 5) is 25.4. The average molecular weight is 353 g/mol. The lowest BCUT2D eigenvalue weighted by Crippen LogP contribution is -2.49. The van der Waals surface area contributed by atoms with E-state index in [4.69, 9.17) is 0 Å². The van der Waals surface area contributed by atoms with Crippen LogP contribution >= 0.6 is 0 Å². The average Bonchev–Trinajstić information content (AvgIpc) is 2.68. The standard InChI is InChI=1S/C20H27N5O/c1-4-8-21-20-22-13-17(14-23-20)19(26)25-11-9-24(10-12-25)18-7-5-6-15(2)16(18)3/h5-7,13-14H,4,8-12H2,1-3H3,(H,21,22,23). The van der Waals surface area contributed by atoms with Gasteiger partial charge in [-0.1, -0.05) is 19.1 Å². The Kier molecular flexibility index (Phi) is 5.71. The zero-order valence-electron chi connectivity index (χ0n) is 15.8. The number of nitrogens with zero attached hydrogens (tertiary/aromatic N) is 4. The predicted molar refractivity (Wildman–Crippen MR) is 105 cm³/mol. The highest BCUT2D eigenvalue weighted by molar-refractivity contribution is 5.93. The third kappa shape index (κ3) is 3.95. The van der Waals surface area contributed by atoms with Gasteiger partial charge in [-0.3, -0.25) is 4.79 Å². The van der Waals surface area contributed by atoms with E-state index in [2.05, 4.69) is 59.2 Å². The van der Waals surface area contributed by atoms with Crippen LogP contribution < -0.4 is 10.2 Å². The first-order valence-electron chi connectivity index (χ1n) is 9.26. The number of nitrogens with one attached hydrogen (secondary N) is 1. The minimum Gasteiger partial charge on any atom is -0.368 e. The number of carbonyl (C=O) groups excluding carboxylic acids is 1. The summed E-state index contributed by atoms with van der Waals surface area (Å²) in [5.74, 6) is 0.579. The van der Waals surface area contributed by atoms with Crippen molar-refractivity contribution < 1.29 is 4.79 Å². The lowest BCUT2D eigenvalue weighted by atomic mass is 10.1. The fourth-order valence-electron chi connectivity index (χ4n) is 3.18. The van der Waals surface area contributed by atoms with Crippen molar-refractivity contribution in [2.75, 3.05) is 42.9 Å². The largest absolute Gasteiger partial charge is 0.368 e. The van der Waals surface area contributed by atoms with Crippen LogP contribution in [-0.4, -0.2) is 53.5 Å². The number of aromatic nitrogens is 2. The van der Waals surface area contributed by atoms with Gasteiger partial charge < -0.3 is 15.1 Å². The van der Waals surface area contributed by atoms with Crippen molar-refractivity contribution in [3.05, 3.63) is 47.3 Å². The number of carbonyl (C=O) groups is 1. The van der Waals surface area contributed by atoms with E-state index in [1.54, 1.807) is 12.4 Å². The summed E-state index contributed by atoms with van der Waals surface area (Å²) in [6, 6.07) is 6.40. The van der Waals surface area contributed by atoms with Crippen LogP contribution in [0, 0.1) is 13.8 Å². The zero-order valence-corrected chi connectivity index (χ0v) is 15.8. The molecule has 2 heterocycles. The molecule has 1 aromatic heterocycles. The smallest absolute Gasteiger partial charge is 0.257 e. The van der Waals surface area contributed by atoms with E-state index in [0.717, 1.165) is 26.1 Å². The van der Waals surface area contributed by atoms with Crippen molar-refractivity contribution >= 4 is 17.5 Å². The molecular weight excluding hydrogens is 326 g/mol. The van der Waals surface area contributed by atoms with Crippen LogP contribution in [0.4, 0.5) is 11.6 Å². The number of aryl methyl sites for hydroxylation is 1. The molecule has 0 atom stereocenters. The molecule has 0 radical (unpaired) electrons. The maximum absolute atomic E-state index is 12.7. The molecule has 1 aromatic carbocycles. The third-order valence-electron chi connectivity index (χ3n) is 4.92. The fourth-order valence-corrected chi connectivity index (χ4v) is 3.18. The van der Waals surface area contributed by atoms with Crippen LogP contribution in [0.2, 0.25) is 0 Å². The van der Waals surface area contributed by atoms with E-state index in [0.29, 0.717) is 24.6 Å². The molecule has 2 aromatic rings. The number of piperazine rings is 1. The molecule has 26 heavy (non-hydrogen) atoms. The highest BCUT2D eigenvalue weighted by atomic mass is 16.2. The number of hydrogen-bond acceptors (Lipinski definition) is 5. The van der Waals surface area contributed by atoms with Crippen LogP contribution in [0.3, 0.4) is 0 Å². The summed E-state index contributed by atoms with van der Waals surface area (Å²) in [6.45, 7) is 10.3. The summed E-state index contributed by atoms with van der Waals surface area (Å²) in [6.07, 6.45) is 4.24. The lowest BCUT2D eigenvalue weighted by molar-refractivity contribution is 0.0746. The lowest BCUT2D eigenvalue weighted by Gasteiger charge is -2.37. The minimum atomic E-state index is 0.00709. The topological polar surface area (TPSA) is 61.4 Å². The molecular formula is C20H27N5O. The predicted octanol–water partition coefficient (Wildman–Crippen LogP) is 2.88. The molecule has 1 N–H and O–H groups in total. The first-order chi connectivity index (χ1) is 12.6. The molecule has 3 rings (SSSR count). The summed E-state index contributed by atoms with van der Waals surface area (Å²) < 4.78 is 0. The Morgan fingerprint density at radius 1 is 1.12 bits per heavy atom. The molecule has 6 nitrogen and oxygen atoms in total. The van der Waals surface area contributed by atoms with Crippen LogP contribution in [0.25, 0.3) is 0 Å². The van der Waals surface area contributed by atoms with E-state index in [9.17, 15) is 4.79 Å². The quantitative estimate of drug-likeness (QED) is 0.896. The van der Waals surface area contributed by atoms with Crippen molar-refractivity contribution in [1.82, 2.24) is 14.9 Å². The number of hydrogen-bond donors (Lipinski definition) is 1. The van der Waals surface area contributed by atoms with Crippen LogP contribution in [0.1, 0.15) is 34.8 Å². The SMILES string of the molecule is CCCNc1ncc(C(=O)N2CCN(c3cccc(C)c3C)CC2)cn1. The Labute approximate surface area is 155 Å². The monoisotopic (exact) mass is 353 g/mol. The van der Waals surface area contributed by atoms with Gasteiger partial charge in [0.2, 0.25) is 5.95 Å². The molecule has 6 heteroatoms. The van der Waals surface area contributed by atoms with Gasteiger partial charge in [0.1, 0.15) is 0 Å². The van der Waals surface area contributed by atoms with E-state index < -0.39 is 0 Å². The van der Waals surface area contributed by atoms with Crippen molar-refractivity contribution in [1.29, 1.82) is 0 Å². The molecule has 0 spiro atoms. The van der Waals surface area contributed by atoms with E-state index in [-0.39, 0.29) is 5.91 Å². The van der Waals surface area contributed by atoms with Gasteiger partial charge in [-0.05, 0) is 37.5 Å². The fraction of sp³-hybridized carbons (Fsp3) is 0.450. The molecule has 0 saturated carbocycles. The van der Waals surface area contributed by atoms with Crippen LogP contribution in [-0.2, 0) is 0 Å². The van der Waals surface area contributed by atoms with E-state index >= 15 is 0 Å². The highest BCUT2D eigenvalue weighted by Crippen LogP contribution is 2.24. The Balaban J connectivity index is 1.60. The van der Waals surface area contributed by atoms with E-state index in [1.165, 1.54) is 16.8 Å². The molecule has 1 amide bonds. The zero-order chi connectivity index (χ0) is 18.5. The van der Waals surface area contributed by atoms with Crippen LogP contribution in [0.5, 0.6) is 0 Å². The number of anilines is 2. The molecule has 138 valence electrons. The Morgan fingerprint density at radius 3 is 2.46 bits per heavy atom. The first kappa shape index (κ1) is 18.2. The first-order valence-corrected chi connectivity index (χ1v) is 9.26. The third-order valence-corrected chi connectivity index (χ3v) is 4.92. The van der Waals surface area contributed by atoms with Crippen LogP contribution in [0.15, 0.2) is 30.6 Å². The van der Waals surface area contributed by atoms with Gasteiger partial charge >= 0.3 is 0 Å². The maximum atomic E-state index is 12.7. The van der Waals surface area contributed by atoms with Crippen molar-refractivity contribution in [2.24, 2.45) is 0 Å². The van der Waals surface area contributed by atoms with Gasteiger partial charge in [0.25, 0.3) is 5.91 Å². The molecule has 1 aliphatic heterocycles. The summed E-state index contributed by atoms with van der Waals surface area (Å²) in [7, 11) is 0. The molecule has 1 saturated heterocycles. The maximum Gasteiger partial charge on any atom is 0.257 e. The second kappa shape index (κ2) is 8.17. The van der Waals surface area contributed by atoms with E-state index in [1.807, 2.05) is 4.90 Å². The molecule has 0 unspecified atom stereocenters. The summed E-state index contributed by atoms with van der Waals surface area (Å²) >= 11 is 0. The van der Waals surface area contributed by atoms with Gasteiger partial charge in [0.15, 0.2) is 0 Å². The second-order valence-electron chi connectivity index (χ2n) is 6.72. The summed E-state index contributed by atoms with van der Waals surface area (Å²) in [5, 5.41) is 3.12. The normalized spacial score (nSPS) is 14.4. The highest BCUT2D eigenvalue weighted by Gasteiger charge is 2.23. The number of amides is 1. The Hall–Kier alpha value is -2.63. The van der Waals surface area contributed by atoms with Crippen molar-refractivity contribution in [3.63, 3.8) is 0 Å². The Morgan fingerprint density at radius 2 is 1.81 bits per heavy atom. The van der Waals surface area contributed by atoms with Gasteiger partial charge in [-0.2, -0.15) is 0 Å².